The molecule has 1 amide bonds. The maximum absolute atomic E-state index is 12.7. The van der Waals surface area contributed by atoms with Crippen LogP contribution >= 0.6 is 0 Å². The second-order valence-corrected chi connectivity index (χ2v) is 4.77. The fourth-order valence-electron chi connectivity index (χ4n) is 2.41. The molecular formula is C16H17N3O2. The van der Waals surface area contributed by atoms with Crippen LogP contribution in [0.5, 0.6) is 5.75 Å². The SMILES string of the molecule is CCN(C(=O)C1CNc2ccccc2O1)c1ccncc1. The zero-order chi connectivity index (χ0) is 14.7. The van der Waals surface area contributed by atoms with E-state index >= 15 is 0 Å². The summed E-state index contributed by atoms with van der Waals surface area (Å²) >= 11 is 0. The number of anilines is 2. The van der Waals surface area contributed by atoms with E-state index in [1.807, 2.05) is 43.3 Å². The summed E-state index contributed by atoms with van der Waals surface area (Å²) in [5.74, 6) is 0.665. The lowest BCUT2D eigenvalue weighted by atomic mass is 10.2. The van der Waals surface area contributed by atoms with Gasteiger partial charge in [-0.3, -0.25) is 9.78 Å². The van der Waals surface area contributed by atoms with E-state index in [0.717, 1.165) is 11.4 Å². The topological polar surface area (TPSA) is 54.5 Å². The van der Waals surface area contributed by atoms with Gasteiger partial charge in [0.2, 0.25) is 0 Å². The van der Waals surface area contributed by atoms with Crippen LogP contribution in [0.25, 0.3) is 0 Å². The van der Waals surface area contributed by atoms with E-state index in [0.29, 0.717) is 18.8 Å². The first kappa shape index (κ1) is 13.4. The molecule has 1 aromatic carbocycles. The van der Waals surface area contributed by atoms with Crippen LogP contribution in [0.1, 0.15) is 6.92 Å². The molecule has 1 N–H and O–H groups in total. The molecule has 0 radical (unpaired) electrons. The van der Waals surface area contributed by atoms with Gasteiger partial charge in [-0.25, -0.2) is 0 Å². The third-order valence-electron chi connectivity index (χ3n) is 3.47. The average Bonchev–Trinajstić information content (AvgIpc) is 2.56. The summed E-state index contributed by atoms with van der Waals surface area (Å²) in [7, 11) is 0. The van der Waals surface area contributed by atoms with Crippen LogP contribution in [0, 0.1) is 0 Å². The zero-order valence-electron chi connectivity index (χ0n) is 11.8. The molecule has 0 saturated carbocycles. The minimum atomic E-state index is -0.520. The van der Waals surface area contributed by atoms with Gasteiger partial charge < -0.3 is 15.0 Å². The summed E-state index contributed by atoms with van der Waals surface area (Å²) in [6, 6.07) is 11.3. The zero-order valence-corrected chi connectivity index (χ0v) is 11.8. The number of rotatable bonds is 3. The van der Waals surface area contributed by atoms with E-state index in [4.69, 9.17) is 4.74 Å². The first-order valence-corrected chi connectivity index (χ1v) is 7.00. The second kappa shape index (κ2) is 5.83. The van der Waals surface area contributed by atoms with E-state index < -0.39 is 6.10 Å². The Morgan fingerprint density at radius 1 is 1.33 bits per heavy atom. The maximum Gasteiger partial charge on any atom is 0.269 e. The van der Waals surface area contributed by atoms with E-state index in [2.05, 4.69) is 10.3 Å². The van der Waals surface area contributed by atoms with E-state index in [9.17, 15) is 4.79 Å². The molecule has 0 bridgehead atoms. The van der Waals surface area contributed by atoms with Crippen LogP contribution in [0.2, 0.25) is 0 Å². The van der Waals surface area contributed by atoms with Crippen molar-refractivity contribution >= 4 is 17.3 Å². The van der Waals surface area contributed by atoms with Gasteiger partial charge in [-0.2, -0.15) is 0 Å². The standard InChI is InChI=1S/C16H17N3O2/c1-2-19(12-7-9-17-10-8-12)16(20)15-11-18-13-5-3-4-6-14(13)21-15/h3-10,15,18H,2,11H2,1H3. The fourth-order valence-corrected chi connectivity index (χ4v) is 2.41. The third kappa shape index (κ3) is 2.67. The van der Waals surface area contributed by atoms with Crippen molar-refractivity contribution in [2.75, 3.05) is 23.3 Å². The van der Waals surface area contributed by atoms with Crippen molar-refractivity contribution < 1.29 is 9.53 Å². The fraction of sp³-hybridized carbons (Fsp3) is 0.250. The molecule has 108 valence electrons. The first-order valence-electron chi connectivity index (χ1n) is 7.00. The summed E-state index contributed by atoms with van der Waals surface area (Å²) in [5, 5.41) is 3.24. The number of fused-ring (bicyclic) bond motifs is 1. The second-order valence-electron chi connectivity index (χ2n) is 4.77. The Kier molecular flexibility index (Phi) is 3.73. The van der Waals surface area contributed by atoms with Crippen LogP contribution in [0.4, 0.5) is 11.4 Å². The maximum atomic E-state index is 12.7. The molecule has 5 heteroatoms. The Hall–Kier alpha value is -2.56. The number of nitrogens with zero attached hydrogens (tertiary/aromatic N) is 2. The monoisotopic (exact) mass is 283 g/mol. The van der Waals surface area contributed by atoms with E-state index in [1.54, 1.807) is 17.3 Å². The molecule has 0 aliphatic carbocycles. The van der Waals surface area contributed by atoms with Crippen molar-refractivity contribution in [1.29, 1.82) is 0 Å². The summed E-state index contributed by atoms with van der Waals surface area (Å²) in [6.07, 6.45) is 2.84. The van der Waals surface area contributed by atoms with Crippen molar-refractivity contribution in [3.05, 3.63) is 48.8 Å². The van der Waals surface area contributed by atoms with Crippen LogP contribution in [-0.2, 0) is 4.79 Å². The summed E-state index contributed by atoms with van der Waals surface area (Å²) in [6.45, 7) is 3.00. The number of amides is 1. The van der Waals surface area contributed by atoms with Crippen LogP contribution < -0.4 is 15.0 Å². The Morgan fingerprint density at radius 3 is 2.86 bits per heavy atom. The van der Waals surface area contributed by atoms with Crippen LogP contribution in [-0.4, -0.2) is 30.1 Å². The average molecular weight is 283 g/mol. The number of aromatic nitrogens is 1. The molecule has 2 aromatic rings. The van der Waals surface area contributed by atoms with Gasteiger partial charge >= 0.3 is 0 Å². The van der Waals surface area contributed by atoms with Crippen molar-refractivity contribution in [1.82, 2.24) is 4.98 Å². The summed E-state index contributed by atoms with van der Waals surface area (Å²) in [4.78, 5) is 18.4. The van der Waals surface area contributed by atoms with Crippen molar-refractivity contribution in [3.8, 4) is 5.75 Å². The molecule has 5 nitrogen and oxygen atoms in total. The molecule has 1 unspecified atom stereocenters. The number of benzene rings is 1. The van der Waals surface area contributed by atoms with Gasteiger partial charge in [0.25, 0.3) is 5.91 Å². The van der Waals surface area contributed by atoms with E-state index in [1.165, 1.54) is 0 Å². The highest BCUT2D eigenvalue weighted by Gasteiger charge is 2.29. The molecular weight excluding hydrogens is 266 g/mol. The molecule has 0 spiro atoms. The number of hydrogen-bond acceptors (Lipinski definition) is 4. The molecule has 1 aromatic heterocycles. The van der Waals surface area contributed by atoms with Gasteiger partial charge in [-0.1, -0.05) is 12.1 Å². The number of carbonyl (C=O) groups excluding carboxylic acids is 1. The Morgan fingerprint density at radius 2 is 2.10 bits per heavy atom. The van der Waals surface area contributed by atoms with Gasteiger partial charge in [-0.05, 0) is 31.2 Å². The predicted octanol–water partition coefficient (Wildman–Crippen LogP) is 2.31. The van der Waals surface area contributed by atoms with E-state index in [-0.39, 0.29) is 5.91 Å². The van der Waals surface area contributed by atoms with Crippen molar-refractivity contribution in [2.24, 2.45) is 0 Å². The first-order chi connectivity index (χ1) is 10.3. The van der Waals surface area contributed by atoms with Crippen LogP contribution in [0.3, 0.4) is 0 Å². The smallest absolute Gasteiger partial charge is 0.269 e. The summed E-state index contributed by atoms with van der Waals surface area (Å²) in [5.41, 5.74) is 1.76. The van der Waals surface area contributed by atoms with Gasteiger partial charge in [-0.15, -0.1) is 0 Å². The molecule has 0 saturated heterocycles. The number of para-hydroxylation sites is 2. The van der Waals surface area contributed by atoms with Gasteiger partial charge in [0.15, 0.2) is 6.10 Å². The minimum Gasteiger partial charge on any atom is -0.477 e. The molecule has 0 fully saturated rings. The number of hydrogen-bond donors (Lipinski definition) is 1. The molecule has 1 aliphatic rings. The van der Waals surface area contributed by atoms with Gasteiger partial charge in [0.1, 0.15) is 5.75 Å². The lowest BCUT2D eigenvalue weighted by molar-refractivity contribution is -0.124. The third-order valence-corrected chi connectivity index (χ3v) is 3.47. The highest BCUT2D eigenvalue weighted by Crippen LogP contribution is 2.29. The Labute approximate surface area is 123 Å². The van der Waals surface area contributed by atoms with Crippen molar-refractivity contribution in [3.63, 3.8) is 0 Å². The number of carbonyl (C=O) groups is 1. The Bertz CT molecular complexity index is 630. The minimum absolute atomic E-state index is 0.0503. The quantitative estimate of drug-likeness (QED) is 0.939. The van der Waals surface area contributed by atoms with Gasteiger partial charge in [0.05, 0.1) is 12.2 Å². The number of ether oxygens (including phenoxy) is 1. The van der Waals surface area contributed by atoms with Crippen molar-refractivity contribution in [2.45, 2.75) is 13.0 Å². The largest absolute Gasteiger partial charge is 0.477 e. The van der Waals surface area contributed by atoms with Crippen LogP contribution in [0.15, 0.2) is 48.8 Å². The number of nitrogens with one attached hydrogen (secondary N) is 1. The number of pyridine rings is 1. The highest BCUT2D eigenvalue weighted by molar-refractivity contribution is 5.97. The molecule has 1 atom stereocenters. The lowest BCUT2D eigenvalue weighted by Crippen LogP contribution is -2.47. The molecule has 1 aliphatic heterocycles. The highest BCUT2D eigenvalue weighted by atomic mass is 16.5. The van der Waals surface area contributed by atoms with Gasteiger partial charge in [0, 0.05) is 24.6 Å². The predicted molar refractivity (Wildman–Crippen MR) is 81.6 cm³/mol. The molecule has 3 rings (SSSR count). The Balaban J connectivity index is 1.79. The molecule has 2 heterocycles. The number of likely N-dealkylation sites (N-methyl/N-ethyl adjacent to an activating group) is 1. The summed E-state index contributed by atoms with van der Waals surface area (Å²) < 4.78 is 5.83. The normalized spacial score (nSPS) is 16.3. The molecule has 21 heavy (non-hydrogen) atoms. The lowest BCUT2D eigenvalue weighted by Gasteiger charge is -2.30.